The molecule has 206 valence electrons. The van der Waals surface area contributed by atoms with Gasteiger partial charge in [0.1, 0.15) is 0 Å². The van der Waals surface area contributed by atoms with Crippen molar-refractivity contribution >= 4 is 27.2 Å². The summed E-state index contributed by atoms with van der Waals surface area (Å²) < 4.78 is 15.1. The van der Waals surface area contributed by atoms with Gasteiger partial charge >= 0.3 is 0 Å². The molecule has 0 atom stereocenters. The predicted octanol–water partition coefficient (Wildman–Crippen LogP) is 6.13. The van der Waals surface area contributed by atoms with Crippen LogP contribution in [0.25, 0.3) is 33.5 Å². The summed E-state index contributed by atoms with van der Waals surface area (Å²) in [5, 5.41) is 8.50. The van der Waals surface area contributed by atoms with E-state index < -0.39 is 0 Å². The van der Waals surface area contributed by atoms with Crippen LogP contribution in [0, 0.1) is 0 Å². The fourth-order valence-corrected chi connectivity index (χ4v) is 5.61. The highest BCUT2D eigenvalue weighted by molar-refractivity contribution is 9.10. The summed E-state index contributed by atoms with van der Waals surface area (Å²) in [5.41, 5.74) is 9.14. The van der Waals surface area contributed by atoms with Gasteiger partial charge in [-0.1, -0.05) is 62.4 Å². The molecule has 0 saturated carbocycles. The zero-order valence-electron chi connectivity index (χ0n) is 22.9. The molecule has 41 heavy (non-hydrogen) atoms. The lowest BCUT2D eigenvalue weighted by molar-refractivity contribution is -0.0500. The van der Waals surface area contributed by atoms with Crippen molar-refractivity contribution in [1.29, 1.82) is 0 Å². The molecule has 0 radical (unpaired) electrons. The first-order valence-electron chi connectivity index (χ1n) is 13.6. The third-order valence-corrected chi connectivity index (χ3v) is 8.63. The number of benzene rings is 2. The predicted molar refractivity (Wildman–Crippen MR) is 161 cm³/mol. The molecule has 0 unspecified atom stereocenters. The van der Waals surface area contributed by atoms with E-state index in [4.69, 9.17) is 9.47 Å². The molecule has 8 rings (SSSR count). The maximum absolute atomic E-state index is 5.33. The number of nitrogens with zero attached hydrogens (tertiary/aromatic N) is 6. The lowest BCUT2D eigenvalue weighted by Crippen LogP contribution is -2.43. The van der Waals surface area contributed by atoms with Crippen LogP contribution in [0.5, 0.6) is 0 Å². The average molecular weight is 610 g/mol. The number of aromatic nitrogens is 6. The smallest absolute Gasteiger partial charge is 0.169 e. The summed E-state index contributed by atoms with van der Waals surface area (Å²) in [4.78, 5) is 8.85. The number of ether oxygens (including phenoxy) is 2. The van der Waals surface area contributed by atoms with Crippen molar-refractivity contribution in [2.24, 2.45) is 0 Å². The number of fused-ring (bicyclic) bond motifs is 2. The van der Waals surface area contributed by atoms with Crippen molar-refractivity contribution in [2.45, 2.75) is 24.7 Å². The molecule has 0 amide bonds. The highest BCUT2D eigenvalue weighted by Crippen LogP contribution is 2.34. The highest BCUT2D eigenvalue weighted by atomic mass is 79.9. The van der Waals surface area contributed by atoms with Gasteiger partial charge in [0.15, 0.2) is 11.3 Å². The SMILES string of the molecule is CC1(c2ccc(-c3cnc4c(Br)cnn4c3)cc2)COC1.CC1(c2ccc(-c3cnc4ccnn4c3)cc2)COC1. The minimum Gasteiger partial charge on any atom is -0.379 e. The molecule has 0 N–H and O–H groups in total. The minimum absolute atomic E-state index is 0.174. The molecule has 0 bridgehead atoms. The summed E-state index contributed by atoms with van der Waals surface area (Å²) in [6.45, 7) is 7.71. The largest absolute Gasteiger partial charge is 0.379 e. The van der Waals surface area contributed by atoms with Gasteiger partial charge in [0.25, 0.3) is 0 Å². The second-order valence-corrected chi connectivity index (χ2v) is 12.2. The average Bonchev–Trinajstić information content (AvgIpc) is 3.61. The Morgan fingerprint density at radius 3 is 1.71 bits per heavy atom. The van der Waals surface area contributed by atoms with Crippen LogP contribution in [-0.2, 0) is 20.3 Å². The highest BCUT2D eigenvalue weighted by Gasteiger charge is 2.35. The quantitative estimate of drug-likeness (QED) is 0.239. The number of hydrogen-bond donors (Lipinski definition) is 0. The lowest BCUT2D eigenvalue weighted by Gasteiger charge is -2.38. The standard InChI is InChI=1S/C16H14BrN3O.C16H15N3O/c1-16(9-21-10-16)13-4-2-11(3-5-13)12-6-18-15-14(17)7-19-20(15)8-12;1-16(10-20-11-16)14-4-2-12(3-5-14)13-8-17-15-6-7-18-19(15)9-13/h2-8H,9-10H2,1H3;2-9H,10-11H2,1H3. The fourth-order valence-electron chi connectivity index (χ4n) is 5.23. The van der Waals surface area contributed by atoms with Gasteiger partial charge in [-0.15, -0.1) is 0 Å². The van der Waals surface area contributed by atoms with Crippen LogP contribution >= 0.6 is 15.9 Å². The summed E-state index contributed by atoms with van der Waals surface area (Å²) >= 11 is 3.44. The van der Waals surface area contributed by atoms with Crippen LogP contribution < -0.4 is 0 Å². The zero-order chi connectivity index (χ0) is 28.0. The van der Waals surface area contributed by atoms with Crippen molar-refractivity contribution in [3.8, 4) is 22.3 Å². The Hall–Kier alpha value is -3.92. The first-order chi connectivity index (χ1) is 19.9. The molecule has 2 saturated heterocycles. The Balaban J connectivity index is 0.000000135. The van der Waals surface area contributed by atoms with Gasteiger partial charge in [0.05, 0.1) is 43.3 Å². The molecule has 2 aromatic carbocycles. The summed E-state index contributed by atoms with van der Waals surface area (Å²) in [5.74, 6) is 0. The Morgan fingerprint density at radius 2 is 1.17 bits per heavy atom. The van der Waals surface area contributed by atoms with E-state index in [9.17, 15) is 0 Å². The number of hydrogen-bond acceptors (Lipinski definition) is 6. The van der Waals surface area contributed by atoms with Gasteiger partial charge in [-0.2, -0.15) is 10.2 Å². The second kappa shape index (κ2) is 10.2. The van der Waals surface area contributed by atoms with E-state index in [0.29, 0.717) is 0 Å². The number of halogens is 1. The summed E-state index contributed by atoms with van der Waals surface area (Å²) in [7, 11) is 0. The van der Waals surface area contributed by atoms with E-state index in [1.807, 2.05) is 30.9 Å². The topological polar surface area (TPSA) is 78.8 Å². The lowest BCUT2D eigenvalue weighted by atomic mass is 9.80. The first kappa shape index (κ1) is 26.0. The molecule has 8 nitrogen and oxygen atoms in total. The van der Waals surface area contributed by atoms with Crippen molar-refractivity contribution in [3.05, 3.63) is 107 Å². The van der Waals surface area contributed by atoms with E-state index in [1.54, 1.807) is 21.4 Å². The summed E-state index contributed by atoms with van der Waals surface area (Å²) in [6, 6.07) is 19.2. The van der Waals surface area contributed by atoms with Crippen molar-refractivity contribution in [1.82, 2.24) is 29.2 Å². The molecule has 4 aromatic heterocycles. The maximum Gasteiger partial charge on any atom is 0.169 e. The van der Waals surface area contributed by atoms with Crippen LogP contribution in [-0.4, -0.2) is 55.6 Å². The Labute approximate surface area is 246 Å². The zero-order valence-corrected chi connectivity index (χ0v) is 24.5. The fraction of sp³-hybridized carbons (Fsp3) is 0.250. The van der Waals surface area contributed by atoms with E-state index in [1.165, 1.54) is 11.1 Å². The maximum atomic E-state index is 5.33. The monoisotopic (exact) mass is 608 g/mol. The van der Waals surface area contributed by atoms with Crippen LogP contribution in [0.15, 0.2) is 96.3 Å². The molecule has 2 aliphatic heterocycles. The van der Waals surface area contributed by atoms with Gasteiger partial charge in [-0.05, 0) is 38.2 Å². The van der Waals surface area contributed by atoms with Crippen molar-refractivity contribution < 1.29 is 9.47 Å². The van der Waals surface area contributed by atoms with Gasteiger partial charge in [-0.3, -0.25) is 0 Å². The van der Waals surface area contributed by atoms with E-state index >= 15 is 0 Å². The van der Waals surface area contributed by atoms with E-state index in [0.717, 1.165) is 64.4 Å². The second-order valence-electron chi connectivity index (χ2n) is 11.3. The Morgan fingerprint density at radius 1 is 0.634 bits per heavy atom. The Kier molecular flexibility index (Phi) is 6.45. The van der Waals surface area contributed by atoms with Crippen LogP contribution in [0.4, 0.5) is 0 Å². The molecule has 9 heteroatoms. The normalized spacial score (nSPS) is 17.0. The van der Waals surface area contributed by atoms with Gasteiger partial charge < -0.3 is 9.47 Å². The minimum atomic E-state index is 0.174. The van der Waals surface area contributed by atoms with Crippen LogP contribution in [0.3, 0.4) is 0 Å². The Bertz CT molecular complexity index is 1840. The molecule has 0 spiro atoms. The molecule has 6 aromatic rings. The van der Waals surface area contributed by atoms with Crippen LogP contribution in [0.2, 0.25) is 0 Å². The van der Waals surface area contributed by atoms with Crippen LogP contribution in [0.1, 0.15) is 25.0 Å². The molecule has 0 aliphatic carbocycles. The molecular weight excluding hydrogens is 580 g/mol. The number of rotatable bonds is 4. The molecule has 2 fully saturated rings. The molecule has 2 aliphatic rings. The van der Waals surface area contributed by atoms with Crippen molar-refractivity contribution in [2.75, 3.05) is 26.4 Å². The van der Waals surface area contributed by atoms with Gasteiger partial charge in [0.2, 0.25) is 0 Å². The van der Waals surface area contributed by atoms with Crippen molar-refractivity contribution in [3.63, 3.8) is 0 Å². The van der Waals surface area contributed by atoms with E-state index in [-0.39, 0.29) is 10.8 Å². The molecule has 6 heterocycles. The first-order valence-corrected chi connectivity index (χ1v) is 14.4. The van der Waals surface area contributed by atoms with Gasteiger partial charge in [0, 0.05) is 52.8 Å². The van der Waals surface area contributed by atoms with E-state index in [2.05, 4.69) is 98.5 Å². The third-order valence-electron chi connectivity index (χ3n) is 8.07. The summed E-state index contributed by atoms with van der Waals surface area (Å²) in [6.07, 6.45) is 11.3. The van der Waals surface area contributed by atoms with Gasteiger partial charge in [-0.25, -0.2) is 19.0 Å². The third kappa shape index (κ3) is 4.84. The molecular formula is C32H29BrN6O2.